The van der Waals surface area contributed by atoms with Crippen molar-refractivity contribution in [1.82, 2.24) is 14.8 Å². The van der Waals surface area contributed by atoms with E-state index >= 15 is 0 Å². The molecule has 0 saturated carbocycles. The lowest BCUT2D eigenvalue weighted by atomic mass is 10.1. The van der Waals surface area contributed by atoms with Crippen LogP contribution in [0.3, 0.4) is 0 Å². The van der Waals surface area contributed by atoms with Gasteiger partial charge >= 0.3 is 6.18 Å². The molecule has 1 amide bonds. The first-order valence-electron chi connectivity index (χ1n) is 8.74. The molecule has 0 aliphatic carbocycles. The molecule has 154 valence electrons. The Morgan fingerprint density at radius 2 is 2.04 bits per heavy atom. The van der Waals surface area contributed by atoms with Crippen LogP contribution < -0.4 is 5.32 Å². The van der Waals surface area contributed by atoms with Gasteiger partial charge in [0.25, 0.3) is 0 Å². The van der Waals surface area contributed by atoms with Gasteiger partial charge in [0.15, 0.2) is 5.16 Å². The molecule has 1 N–H and O–H groups in total. The van der Waals surface area contributed by atoms with E-state index in [1.807, 2.05) is 13.8 Å². The Labute approximate surface area is 165 Å². The van der Waals surface area contributed by atoms with Crippen LogP contribution in [0.5, 0.6) is 0 Å². The molecule has 0 bridgehead atoms. The molecule has 0 aliphatic heterocycles. The number of carbonyl (C=O) groups excluding carboxylic acids is 1. The van der Waals surface area contributed by atoms with Crippen LogP contribution in [-0.4, -0.2) is 39.6 Å². The molecule has 10 heteroatoms. The molecule has 1 heterocycles. The first kappa shape index (κ1) is 22.2. The molecule has 1 atom stereocenters. The fraction of sp³-hybridized carbons (Fsp3) is 0.500. The van der Waals surface area contributed by atoms with Crippen LogP contribution in [0, 0.1) is 5.92 Å². The van der Waals surface area contributed by atoms with E-state index in [1.54, 1.807) is 18.0 Å². The van der Waals surface area contributed by atoms with Crippen LogP contribution in [0.15, 0.2) is 35.7 Å². The van der Waals surface area contributed by atoms with Gasteiger partial charge in [0.05, 0.1) is 16.5 Å². The lowest BCUT2D eigenvalue weighted by molar-refractivity contribution is -0.137. The zero-order valence-corrected chi connectivity index (χ0v) is 16.7. The number of nitrogens with zero attached hydrogens (tertiary/aromatic N) is 3. The number of nitrogens with one attached hydrogen (secondary N) is 1. The van der Waals surface area contributed by atoms with Crippen molar-refractivity contribution >= 4 is 23.4 Å². The van der Waals surface area contributed by atoms with Gasteiger partial charge < -0.3 is 14.6 Å². The van der Waals surface area contributed by atoms with Crippen LogP contribution in [0.4, 0.5) is 18.9 Å². The second kappa shape index (κ2) is 9.92. The third-order valence-corrected chi connectivity index (χ3v) is 5.45. The van der Waals surface area contributed by atoms with Gasteiger partial charge in [-0.15, -0.1) is 10.2 Å². The predicted octanol–water partition coefficient (Wildman–Crippen LogP) is 4.09. The highest BCUT2D eigenvalue weighted by Gasteiger charge is 2.34. The van der Waals surface area contributed by atoms with Crippen LogP contribution in [0.1, 0.15) is 25.8 Å². The van der Waals surface area contributed by atoms with Crippen molar-refractivity contribution in [3.05, 3.63) is 36.2 Å². The monoisotopic (exact) mass is 416 g/mol. The average molecular weight is 416 g/mol. The van der Waals surface area contributed by atoms with E-state index in [9.17, 15) is 18.0 Å². The molecule has 28 heavy (non-hydrogen) atoms. The van der Waals surface area contributed by atoms with Crippen LogP contribution in [-0.2, 0) is 22.3 Å². The summed E-state index contributed by atoms with van der Waals surface area (Å²) in [7, 11) is 1.61. The number of halogens is 3. The van der Waals surface area contributed by atoms with Gasteiger partial charge in [0.2, 0.25) is 5.91 Å². The third-order valence-electron chi connectivity index (χ3n) is 3.91. The minimum absolute atomic E-state index is 0.132. The number of hydrogen-bond donors (Lipinski definition) is 1. The number of anilines is 1. The Kier molecular flexibility index (Phi) is 7.88. The molecule has 0 fully saturated rings. The Hall–Kier alpha value is -2.07. The van der Waals surface area contributed by atoms with Crippen molar-refractivity contribution < 1.29 is 22.7 Å². The fourth-order valence-corrected chi connectivity index (χ4v) is 3.55. The summed E-state index contributed by atoms with van der Waals surface area (Å²) in [6, 6.07) is 4.93. The van der Waals surface area contributed by atoms with Gasteiger partial charge in [0.1, 0.15) is 6.33 Å². The van der Waals surface area contributed by atoms with Crippen LogP contribution in [0.25, 0.3) is 0 Å². The van der Waals surface area contributed by atoms with Crippen molar-refractivity contribution in [3.8, 4) is 0 Å². The Bertz CT molecular complexity index is 780. The lowest BCUT2D eigenvalue weighted by Gasteiger charge is -2.21. The second-order valence-corrected chi connectivity index (χ2v) is 7.58. The maximum absolute atomic E-state index is 13.2. The molecule has 2 aromatic rings. The summed E-state index contributed by atoms with van der Waals surface area (Å²) in [5, 5.41) is 10.2. The third kappa shape index (κ3) is 5.96. The lowest BCUT2D eigenvalue weighted by Crippen LogP contribution is -2.31. The van der Waals surface area contributed by atoms with Crippen LogP contribution >= 0.6 is 11.8 Å². The molecular formula is C18H23F3N4O2S. The summed E-state index contributed by atoms with van der Waals surface area (Å²) in [5.74, 6) is -0.643. The minimum Gasteiger partial charge on any atom is -0.385 e. The quantitative estimate of drug-likeness (QED) is 0.493. The number of aryl methyl sites for hydroxylation is 1. The van der Waals surface area contributed by atoms with E-state index < -0.39 is 22.9 Å². The first-order chi connectivity index (χ1) is 13.2. The van der Waals surface area contributed by atoms with Crippen LogP contribution in [0.2, 0.25) is 0 Å². The topological polar surface area (TPSA) is 69.0 Å². The number of alkyl halides is 3. The van der Waals surface area contributed by atoms with Crippen molar-refractivity contribution in [1.29, 1.82) is 0 Å². The van der Waals surface area contributed by atoms with E-state index in [4.69, 9.17) is 4.74 Å². The van der Waals surface area contributed by atoms with Gasteiger partial charge in [-0.3, -0.25) is 4.79 Å². The molecule has 0 saturated heterocycles. The Morgan fingerprint density at radius 3 is 2.68 bits per heavy atom. The van der Waals surface area contributed by atoms with Crippen molar-refractivity contribution in [3.63, 3.8) is 0 Å². The molecule has 1 aromatic carbocycles. The zero-order valence-electron chi connectivity index (χ0n) is 15.9. The number of para-hydroxylation sites is 1. The minimum atomic E-state index is -4.55. The number of methoxy groups -OCH3 is 1. The zero-order chi connectivity index (χ0) is 20.7. The number of hydrogen-bond acceptors (Lipinski definition) is 5. The summed E-state index contributed by atoms with van der Waals surface area (Å²) in [4.78, 5) is 12.8. The standard InChI is InChI=1S/C18H23F3N4O2S/c1-12(2)15(28-17-24-22-11-25(17)9-6-10-27-3)16(26)23-14-8-5-4-7-13(14)18(19,20)21/h4-5,7-8,11-12,15H,6,9-10H2,1-3H3,(H,23,26). The predicted molar refractivity (Wildman–Crippen MR) is 101 cm³/mol. The Balaban J connectivity index is 2.15. The summed E-state index contributed by atoms with van der Waals surface area (Å²) in [6.45, 7) is 4.86. The van der Waals surface area contributed by atoms with Gasteiger partial charge in [-0.1, -0.05) is 37.7 Å². The number of aromatic nitrogens is 3. The maximum atomic E-state index is 13.2. The van der Waals surface area contributed by atoms with Crippen molar-refractivity contribution in [2.45, 2.75) is 43.4 Å². The molecule has 2 rings (SSSR count). The molecule has 0 radical (unpaired) electrons. The van der Waals surface area contributed by atoms with E-state index in [2.05, 4.69) is 15.5 Å². The molecule has 6 nitrogen and oxygen atoms in total. The van der Waals surface area contributed by atoms with Gasteiger partial charge in [-0.25, -0.2) is 0 Å². The highest BCUT2D eigenvalue weighted by molar-refractivity contribution is 8.00. The van der Waals surface area contributed by atoms with E-state index in [1.165, 1.54) is 30.0 Å². The summed E-state index contributed by atoms with van der Waals surface area (Å²) in [5.41, 5.74) is -1.13. The maximum Gasteiger partial charge on any atom is 0.418 e. The smallest absolute Gasteiger partial charge is 0.385 e. The van der Waals surface area contributed by atoms with Crippen molar-refractivity contribution in [2.24, 2.45) is 5.92 Å². The fourth-order valence-electron chi connectivity index (χ4n) is 2.52. The van der Waals surface area contributed by atoms with E-state index in [0.29, 0.717) is 18.3 Å². The van der Waals surface area contributed by atoms with Gasteiger partial charge in [-0.05, 0) is 24.5 Å². The second-order valence-electron chi connectivity index (χ2n) is 6.47. The van der Waals surface area contributed by atoms with Crippen molar-refractivity contribution in [2.75, 3.05) is 19.0 Å². The largest absolute Gasteiger partial charge is 0.418 e. The number of rotatable bonds is 9. The summed E-state index contributed by atoms with van der Waals surface area (Å²) >= 11 is 1.18. The van der Waals surface area contributed by atoms with E-state index in [0.717, 1.165) is 12.5 Å². The van der Waals surface area contributed by atoms with Gasteiger partial charge in [0, 0.05) is 20.3 Å². The normalized spacial score (nSPS) is 13.0. The Morgan fingerprint density at radius 1 is 1.32 bits per heavy atom. The molecular weight excluding hydrogens is 393 g/mol. The SMILES string of the molecule is COCCCn1cnnc1SC(C(=O)Nc1ccccc1C(F)(F)F)C(C)C. The first-order valence-corrected chi connectivity index (χ1v) is 9.62. The summed E-state index contributed by atoms with van der Waals surface area (Å²) in [6.07, 6.45) is -2.24. The number of thioether (sulfide) groups is 1. The highest BCUT2D eigenvalue weighted by Crippen LogP contribution is 2.35. The number of benzene rings is 1. The molecule has 1 aromatic heterocycles. The molecule has 0 spiro atoms. The average Bonchev–Trinajstić information content (AvgIpc) is 3.06. The number of amides is 1. The van der Waals surface area contributed by atoms with E-state index in [-0.39, 0.29) is 11.6 Å². The molecule has 1 unspecified atom stereocenters. The number of ether oxygens (including phenoxy) is 1. The molecule has 0 aliphatic rings. The van der Waals surface area contributed by atoms with Gasteiger partial charge in [-0.2, -0.15) is 13.2 Å². The summed E-state index contributed by atoms with van der Waals surface area (Å²) < 4.78 is 46.4. The highest BCUT2D eigenvalue weighted by atomic mass is 32.2. The number of carbonyl (C=O) groups is 1.